The summed E-state index contributed by atoms with van der Waals surface area (Å²) in [5, 5.41) is 25.3. The van der Waals surface area contributed by atoms with Crippen LogP contribution in [0, 0.1) is 20.9 Å². The van der Waals surface area contributed by atoms with Gasteiger partial charge in [-0.05, 0) is 89.8 Å². The molecule has 2 amide bonds. The number of hydrazine groups is 1. The van der Waals surface area contributed by atoms with Crippen LogP contribution in [0.1, 0.15) is 69.8 Å². The number of carbonyl (C=O) groups is 2. The van der Waals surface area contributed by atoms with Crippen molar-refractivity contribution in [2.45, 2.75) is 64.8 Å². The first kappa shape index (κ1) is 47.3. The smallest absolute Gasteiger partial charge is 0.407 e. The van der Waals surface area contributed by atoms with Crippen molar-refractivity contribution >= 4 is 67.3 Å². The topological polar surface area (TPSA) is 207 Å². The van der Waals surface area contributed by atoms with Crippen molar-refractivity contribution in [3.8, 4) is 11.5 Å². The number of rotatable bonds is 12. The summed E-state index contributed by atoms with van der Waals surface area (Å²) in [6.07, 6.45) is 5.34. The maximum Gasteiger partial charge on any atom is 0.407 e. The average Bonchev–Trinajstić information content (AvgIpc) is 3.75. The van der Waals surface area contributed by atoms with Crippen LogP contribution in [0.25, 0.3) is 16.6 Å². The molecule has 0 saturated carbocycles. The van der Waals surface area contributed by atoms with Gasteiger partial charge in [-0.1, -0.05) is 63.9 Å². The molecule has 2 saturated heterocycles. The van der Waals surface area contributed by atoms with Crippen LogP contribution in [-0.2, 0) is 10.0 Å². The van der Waals surface area contributed by atoms with E-state index in [1.54, 1.807) is 29.4 Å². The second-order valence-electron chi connectivity index (χ2n) is 19.3. The fourth-order valence-corrected chi connectivity index (χ4v) is 10.3. The predicted molar refractivity (Wildman–Crippen MR) is 258 cm³/mol. The first-order valence-corrected chi connectivity index (χ1v) is 24.2. The van der Waals surface area contributed by atoms with E-state index in [4.69, 9.17) is 16.3 Å². The number of benzene rings is 3. The lowest BCUT2D eigenvalue weighted by molar-refractivity contribution is -0.384. The number of nitro groups is 1. The quantitative estimate of drug-likeness (QED) is 0.0682. The van der Waals surface area contributed by atoms with E-state index in [9.17, 15) is 33.2 Å². The van der Waals surface area contributed by atoms with Gasteiger partial charge in [-0.15, -0.1) is 0 Å². The maximum absolute atomic E-state index is 14.0. The van der Waals surface area contributed by atoms with E-state index in [0.29, 0.717) is 29.5 Å². The highest BCUT2D eigenvalue weighted by Gasteiger charge is 2.39. The third-order valence-corrected chi connectivity index (χ3v) is 14.5. The SMILES string of the molecule is CC1(C)CCC(CN2CCN(c3ccc(C(=O)NS(=O)(=O)c4ccc(NN5CCN(C(=O)O)C(C(C)(C)C)C5)c([N+](=O)[O-])c4)c(Oc4cnc5[nH]ccc5c4)c3)CC2)=C(c2ccc(Cl)cc2)C1. The third kappa shape index (κ3) is 10.8. The number of pyridine rings is 1. The first-order valence-electron chi connectivity index (χ1n) is 22.3. The molecular weight excluding hydrogens is 898 g/mol. The molecule has 8 rings (SSSR count). The minimum Gasteiger partial charge on any atom is -0.465 e. The van der Waals surface area contributed by atoms with Crippen LogP contribution in [-0.4, -0.2) is 114 Å². The second kappa shape index (κ2) is 18.8. The molecule has 2 aliphatic heterocycles. The molecule has 354 valence electrons. The van der Waals surface area contributed by atoms with Gasteiger partial charge in [-0.2, -0.15) is 0 Å². The van der Waals surface area contributed by atoms with Crippen molar-refractivity contribution in [2.24, 2.45) is 10.8 Å². The Labute approximate surface area is 394 Å². The highest BCUT2D eigenvalue weighted by atomic mass is 35.5. The first-order chi connectivity index (χ1) is 31.7. The van der Waals surface area contributed by atoms with E-state index in [-0.39, 0.29) is 42.0 Å². The molecule has 0 radical (unpaired) electrons. The van der Waals surface area contributed by atoms with Gasteiger partial charge in [-0.3, -0.25) is 19.8 Å². The molecule has 0 spiro atoms. The van der Waals surface area contributed by atoms with Crippen molar-refractivity contribution in [1.29, 1.82) is 0 Å². The molecule has 2 aromatic heterocycles. The van der Waals surface area contributed by atoms with Gasteiger partial charge in [0.1, 0.15) is 22.8 Å². The number of hydrogen-bond donors (Lipinski definition) is 4. The van der Waals surface area contributed by atoms with Gasteiger partial charge in [0.05, 0.1) is 27.6 Å². The van der Waals surface area contributed by atoms with Crippen molar-refractivity contribution in [3.63, 3.8) is 0 Å². The van der Waals surface area contributed by atoms with Gasteiger partial charge in [0.15, 0.2) is 0 Å². The molecule has 4 heterocycles. The van der Waals surface area contributed by atoms with Gasteiger partial charge in [-0.25, -0.2) is 27.9 Å². The molecule has 67 heavy (non-hydrogen) atoms. The van der Waals surface area contributed by atoms with Crippen molar-refractivity contribution < 1.29 is 32.8 Å². The number of amides is 2. The number of nitrogens with zero attached hydrogens (tertiary/aromatic N) is 6. The number of nitrogens with one attached hydrogen (secondary N) is 3. The van der Waals surface area contributed by atoms with E-state index in [0.717, 1.165) is 56.0 Å². The van der Waals surface area contributed by atoms with Crippen LogP contribution in [0.15, 0.2) is 95.7 Å². The van der Waals surface area contributed by atoms with Gasteiger partial charge in [0.2, 0.25) is 0 Å². The monoisotopic (exact) mass is 953 g/mol. The van der Waals surface area contributed by atoms with Crippen molar-refractivity contribution in [3.05, 3.63) is 117 Å². The largest absolute Gasteiger partial charge is 0.465 e. The van der Waals surface area contributed by atoms with Crippen LogP contribution >= 0.6 is 11.6 Å². The predicted octanol–water partition coefficient (Wildman–Crippen LogP) is 8.86. The minimum absolute atomic E-state index is 0.00428. The molecule has 3 aromatic carbocycles. The maximum atomic E-state index is 14.0. The zero-order chi connectivity index (χ0) is 47.8. The standard InChI is InChI=1S/C48H56ClN9O8S/c1-47(2,3)43-30-56(22-23-57(43)46(60)61)52-40-13-11-37(26-41(40)58(62)63)67(64,65)53-45(59)38-12-10-35(25-42(38)66-36-24-32-15-17-50-44(32)51-28-36)55-20-18-54(19-21-55)29-33-14-16-48(4,5)27-39(33)31-6-8-34(49)9-7-31/h6-13,15,17,24-26,28,43,52H,14,16,18-23,27,29-30H2,1-5H3,(H,50,51)(H,53,59)(H,60,61). The summed E-state index contributed by atoms with van der Waals surface area (Å²) < 4.78 is 36.1. The Balaban J connectivity index is 1.00. The van der Waals surface area contributed by atoms with Gasteiger partial charge >= 0.3 is 6.09 Å². The van der Waals surface area contributed by atoms with Crippen LogP contribution < -0.4 is 19.8 Å². The molecule has 0 bridgehead atoms. The summed E-state index contributed by atoms with van der Waals surface area (Å²) >= 11 is 6.25. The lowest BCUT2D eigenvalue weighted by Gasteiger charge is -2.45. The minimum atomic E-state index is -4.66. The molecule has 3 aliphatic rings. The van der Waals surface area contributed by atoms with Gasteiger partial charge < -0.3 is 30.1 Å². The number of carboxylic acid groups (broad SMARTS) is 1. The summed E-state index contributed by atoms with van der Waals surface area (Å²) in [7, 11) is -4.66. The van der Waals surface area contributed by atoms with Gasteiger partial charge in [0, 0.05) is 86.8 Å². The molecule has 1 aliphatic carbocycles. The number of hydrogen-bond acceptors (Lipinski definition) is 12. The number of anilines is 2. The molecule has 5 aromatic rings. The van der Waals surface area contributed by atoms with Crippen LogP contribution in [0.4, 0.5) is 21.9 Å². The second-order valence-corrected chi connectivity index (χ2v) is 21.5. The molecule has 19 heteroatoms. The van der Waals surface area contributed by atoms with E-state index in [2.05, 4.69) is 55.9 Å². The summed E-state index contributed by atoms with van der Waals surface area (Å²) in [5.41, 5.74) is 7.62. The molecule has 2 fully saturated rings. The summed E-state index contributed by atoms with van der Waals surface area (Å²) in [6.45, 7) is 14.8. The van der Waals surface area contributed by atoms with E-state index in [1.807, 2.05) is 39.0 Å². The van der Waals surface area contributed by atoms with Crippen LogP contribution in [0.3, 0.4) is 0 Å². The average molecular weight is 955 g/mol. The number of sulfonamides is 1. The molecule has 4 N–H and O–H groups in total. The Bertz CT molecular complexity index is 2840. The Hall–Kier alpha value is -6.21. The number of allylic oxidation sites excluding steroid dienone is 1. The molecule has 17 nitrogen and oxygen atoms in total. The summed E-state index contributed by atoms with van der Waals surface area (Å²) in [5.74, 6) is -0.589. The van der Waals surface area contributed by atoms with Gasteiger partial charge in [0.25, 0.3) is 21.6 Å². The van der Waals surface area contributed by atoms with E-state index >= 15 is 0 Å². The zero-order valence-electron chi connectivity index (χ0n) is 38.2. The number of nitro benzene ring substituents is 1. The summed E-state index contributed by atoms with van der Waals surface area (Å²) in [4.78, 5) is 50.6. The molecule has 1 unspecified atom stereocenters. The highest BCUT2D eigenvalue weighted by molar-refractivity contribution is 7.90. The fraction of sp³-hybridized carbons (Fsp3) is 0.396. The van der Waals surface area contributed by atoms with E-state index < -0.39 is 49.0 Å². The molecular formula is C48H56ClN9O8S. The Morgan fingerprint density at radius 1 is 1.00 bits per heavy atom. The lowest BCUT2D eigenvalue weighted by Crippen LogP contribution is -2.60. The Morgan fingerprint density at radius 2 is 1.75 bits per heavy atom. The number of carbonyl (C=O) groups excluding carboxylic acids is 1. The Morgan fingerprint density at radius 3 is 2.45 bits per heavy atom. The number of ether oxygens (including phenoxy) is 1. The number of H-pyrrole nitrogens is 1. The number of halogens is 1. The third-order valence-electron chi connectivity index (χ3n) is 13.0. The fourth-order valence-electron chi connectivity index (χ4n) is 9.17. The zero-order valence-corrected chi connectivity index (χ0v) is 39.8. The number of aromatic nitrogens is 2. The lowest BCUT2D eigenvalue weighted by atomic mass is 9.72. The highest BCUT2D eigenvalue weighted by Crippen LogP contribution is 2.44. The van der Waals surface area contributed by atoms with Crippen molar-refractivity contribution in [1.82, 2.24) is 29.5 Å². The van der Waals surface area contributed by atoms with Crippen LogP contribution in [0.5, 0.6) is 11.5 Å². The normalized spacial score (nSPS) is 18.5. The number of aromatic amines is 1. The number of fused-ring (bicyclic) bond motifs is 1. The summed E-state index contributed by atoms with van der Waals surface area (Å²) in [6, 6.07) is 19.6. The van der Waals surface area contributed by atoms with Crippen molar-refractivity contribution in [2.75, 3.05) is 62.7 Å². The number of piperazine rings is 2. The van der Waals surface area contributed by atoms with Crippen LogP contribution in [0.2, 0.25) is 5.02 Å². The van der Waals surface area contributed by atoms with E-state index in [1.165, 1.54) is 46.0 Å². The Kier molecular flexibility index (Phi) is 13.3. The molecule has 1 atom stereocenters.